The molecule has 2 aromatic heterocycles. The highest BCUT2D eigenvalue weighted by Gasteiger charge is 2.37. The zero-order valence-electron chi connectivity index (χ0n) is 17.6. The Morgan fingerprint density at radius 1 is 1.31 bits per heavy atom. The first kappa shape index (κ1) is 22.0. The summed E-state index contributed by atoms with van der Waals surface area (Å²) in [5, 5.41) is 1.02. The van der Waals surface area contributed by atoms with Crippen LogP contribution in [-0.2, 0) is 27.1 Å². The summed E-state index contributed by atoms with van der Waals surface area (Å²) in [7, 11) is -3.13. The van der Waals surface area contributed by atoms with E-state index in [0.717, 1.165) is 16.5 Å². The highest BCUT2D eigenvalue weighted by atomic mass is 31.2. The zero-order chi connectivity index (χ0) is 23.0. The van der Waals surface area contributed by atoms with Gasteiger partial charge in [0.1, 0.15) is 17.2 Å². The van der Waals surface area contributed by atoms with Crippen molar-refractivity contribution in [2.24, 2.45) is 0 Å². The highest BCUT2D eigenvalue weighted by Crippen LogP contribution is 2.46. The van der Waals surface area contributed by atoms with Gasteiger partial charge in [0, 0.05) is 36.7 Å². The molecule has 1 aliphatic rings. The van der Waals surface area contributed by atoms with Crippen LogP contribution in [0.4, 0.5) is 5.82 Å². The fraction of sp³-hybridized carbons (Fsp3) is 0.227. The van der Waals surface area contributed by atoms with Crippen molar-refractivity contribution in [2.75, 3.05) is 11.7 Å². The minimum absolute atomic E-state index is 0.0223. The van der Waals surface area contributed by atoms with Crippen LogP contribution in [0.15, 0.2) is 47.0 Å². The molecule has 166 valence electrons. The minimum atomic E-state index is -4.80. The number of aryl methyl sites for hydroxylation is 2. The Kier molecular flexibility index (Phi) is 5.73. The molecule has 0 unspecified atom stereocenters. The molecule has 0 bridgehead atoms. The summed E-state index contributed by atoms with van der Waals surface area (Å²) in [5.41, 5.74) is 2.89. The molecule has 0 saturated heterocycles. The average molecular weight is 455 g/mol. The first-order valence-corrected chi connectivity index (χ1v) is 11.5. The lowest BCUT2D eigenvalue weighted by Gasteiger charge is -2.28. The molecule has 0 spiro atoms. The SMILES string of the molecule is Cc1c(CN(C)C(=O)C=Cc2cnc3c(c2)CCC(=O)N3P(=O)(O)O)oc2ccccc12. The number of amides is 2. The van der Waals surface area contributed by atoms with Gasteiger partial charge in [-0.3, -0.25) is 9.59 Å². The molecule has 3 heterocycles. The molecule has 0 radical (unpaired) electrons. The number of carbonyl (C=O) groups is 2. The van der Waals surface area contributed by atoms with Crippen LogP contribution in [0.25, 0.3) is 17.0 Å². The number of hydrogen-bond acceptors (Lipinski definition) is 5. The largest absolute Gasteiger partial charge is 0.459 e. The number of anilines is 1. The van der Waals surface area contributed by atoms with Gasteiger partial charge >= 0.3 is 7.75 Å². The molecular weight excluding hydrogens is 433 g/mol. The third-order valence-electron chi connectivity index (χ3n) is 5.39. The van der Waals surface area contributed by atoms with Crippen LogP contribution >= 0.6 is 7.75 Å². The van der Waals surface area contributed by atoms with Crippen LogP contribution in [0, 0.1) is 6.92 Å². The molecule has 0 aliphatic carbocycles. The summed E-state index contributed by atoms with van der Waals surface area (Å²) in [6.07, 6.45) is 4.64. The number of fused-ring (bicyclic) bond motifs is 2. The van der Waals surface area contributed by atoms with Gasteiger partial charge in [-0.1, -0.05) is 18.2 Å². The summed E-state index contributed by atoms with van der Waals surface area (Å²) in [6, 6.07) is 9.37. The van der Waals surface area contributed by atoms with Gasteiger partial charge in [0.15, 0.2) is 0 Å². The summed E-state index contributed by atoms with van der Waals surface area (Å²) in [5.74, 6) is -0.238. The Morgan fingerprint density at radius 2 is 2.06 bits per heavy atom. The molecule has 2 amide bonds. The number of likely N-dealkylation sites (N-methyl/N-ethyl adjacent to an activating group) is 1. The van der Waals surface area contributed by atoms with E-state index in [1.165, 1.54) is 17.2 Å². The van der Waals surface area contributed by atoms with E-state index in [2.05, 4.69) is 4.98 Å². The van der Waals surface area contributed by atoms with E-state index in [4.69, 9.17) is 4.42 Å². The number of rotatable bonds is 5. The second kappa shape index (κ2) is 8.35. The number of carbonyl (C=O) groups excluding carboxylic acids is 2. The van der Waals surface area contributed by atoms with Crippen LogP contribution < -0.4 is 4.67 Å². The van der Waals surface area contributed by atoms with Crippen molar-refractivity contribution in [3.8, 4) is 0 Å². The maximum atomic E-state index is 12.6. The quantitative estimate of drug-likeness (QED) is 0.447. The topological polar surface area (TPSA) is 124 Å². The van der Waals surface area contributed by atoms with Crippen molar-refractivity contribution in [2.45, 2.75) is 26.3 Å². The molecule has 10 heteroatoms. The number of para-hydroxylation sites is 1. The predicted octanol–water partition coefficient (Wildman–Crippen LogP) is 3.18. The average Bonchev–Trinajstić information content (AvgIpc) is 3.06. The highest BCUT2D eigenvalue weighted by molar-refractivity contribution is 7.54. The van der Waals surface area contributed by atoms with E-state index >= 15 is 0 Å². The molecule has 32 heavy (non-hydrogen) atoms. The minimum Gasteiger partial charge on any atom is -0.459 e. The Bertz CT molecular complexity index is 1290. The summed E-state index contributed by atoms with van der Waals surface area (Å²) in [4.78, 5) is 49.0. The predicted molar refractivity (Wildman–Crippen MR) is 119 cm³/mol. The molecule has 2 N–H and O–H groups in total. The maximum absolute atomic E-state index is 12.6. The van der Waals surface area contributed by atoms with E-state index in [9.17, 15) is 23.9 Å². The van der Waals surface area contributed by atoms with Gasteiger partial charge in [0.05, 0.1) is 6.54 Å². The summed E-state index contributed by atoms with van der Waals surface area (Å²) >= 11 is 0. The second-order valence-electron chi connectivity index (χ2n) is 7.64. The molecule has 9 nitrogen and oxygen atoms in total. The number of hydrogen-bond donors (Lipinski definition) is 2. The van der Waals surface area contributed by atoms with Crippen LogP contribution in [0.1, 0.15) is 28.9 Å². The normalized spacial score (nSPS) is 14.2. The second-order valence-corrected chi connectivity index (χ2v) is 9.07. The Labute approximate surface area is 184 Å². The van der Waals surface area contributed by atoms with E-state index in [0.29, 0.717) is 34.5 Å². The van der Waals surface area contributed by atoms with E-state index in [1.54, 1.807) is 19.2 Å². The van der Waals surface area contributed by atoms with Crippen LogP contribution in [0.3, 0.4) is 0 Å². The number of pyridine rings is 1. The molecule has 1 aromatic carbocycles. The lowest BCUT2D eigenvalue weighted by atomic mass is 10.0. The molecule has 4 rings (SSSR count). The molecule has 0 atom stereocenters. The fourth-order valence-electron chi connectivity index (χ4n) is 3.69. The van der Waals surface area contributed by atoms with Crippen molar-refractivity contribution in [1.82, 2.24) is 9.88 Å². The first-order chi connectivity index (χ1) is 15.1. The molecule has 3 aromatic rings. The smallest absolute Gasteiger partial charge is 0.438 e. The standard InChI is InChI=1S/C22H22N3O6P/c1-14-17-5-3-4-6-18(17)31-19(14)13-24(2)20(26)9-7-15-11-16-8-10-21(27)25(32(28,29)30)22(16)23-12-15/h3-7,9,11-12H,8,10,13H2,1-2H3,(H2,28,29,30). The van der Waals surface area contributed by atoms with Crippen molar-refractivity contribution in [1.29, 1.82) is 0 Å². The van der Waals surface area contributed by atoms with Gasteiger partial charge in [-0.15, -0.1) is 0 Å². The van der Waals surface area contributed by atoms with Gasteiger partial charge in [-0.25, -0.2) is 9.55 Å². The maximum Gasteiger partial charge on any atom is 0.438 e. The van der Waals surface area contributed by atoms with Gasteiger partial charge < -0.3 is 19.1 Å². The molecule has 1 aliphatic heterocycles. The number of furan rings is 1. The number of benzene rings is 1. The Balaban J connectivity index is 1.49. The molecular formula is C22H22N3O6P. The van der Waals surface area contributed by atoms with Crippen LogP contribution in [-0.4, -0.2) is 38.5 Å². The van der Waals surface area contributed by atoms with Crippen LogP contribution in [0.2, 0.25) is 0 Å². The fourth-order valence-corrected chi connectivity index (χ4v) is 4.50. The summed E-state index contributed by atoms with van der Waals surface area (Å²) < 4.78 is 18.0. The third-order valence-corrected chi connectivity index (χ3v) is 6.32. The number of aromatic nitrogens is 1. The number of nitrogens with zero attached hydrogens (tertiary/aromatic N) is 3. The zero-order valence-corrected chi connectivity index (χ0v) is 18.5. The Morgan fingerprint density at radius 3 is 2.78 bits per heavy atom. The van der Waals surface area contributed by atoms with Crippen molar-refractivity contribution in [3.63, 3.8) is 0 Å². The molecule has 0 fully saturated rings. The van der Waals surface area contributed by atoms with E-state index in [-0.39, 0.29) is 18.1 Å². The van der Waals surface area contributed by atoms with E-state index < -0.39 is 13.7 Å². The van der Waals surface area contributed by atoms with Gasteiger partial charge in [-0.05, 0) is 42.7 Å². The molecule has 0 saturated carbocycles. The third kappa shape index (κ3) is 4.23. The van der Waals surface area contributed by atoms with Crippen molar-refractivity contribution in [3.05, 3.63) is 65.1 Å². The lowest BCUT2D eigenvalue weighted by Crippen LogP contribution is -2.33. The van der Waals surface area contributed by atoms with Gasteiger partial charge in [0.2, 0.25) is 11.8 Å². The monoisotopic (exact) mass is 455 g/mol. The first-order valence-electron chi connectivity index (χ1n) is 9.93. The van der Waals surface area contributed by atoms with Crippen molar-refractivity contribution >= 4 is 42.4 Å². The Hall–Kier alpha value is -3.26. The van der Waals surface area contributed by atoms with Gasteiger partial charge in [-0.2, -0.15) is 4.67 Å². The lowest BCUT2D eigenvalue weighted by molar-refractivity contribution is -0.125. The summed E-state index contributed by atoms with van der Waals surface area (Å²) in [6.45, 7) is 2.27. The van der Waals surface area contributed by atoms with E-state index in [1.807, 2.05) is 31.2 Å². The van der Waals surface area contributed by atoms with Crippen molar-refractivity contribution < 1.29 is 28.4 Å². The van der Waals surface area contributed by atoms with Crippen LogP contribution in [0.5, 0.6) is 0 Å². The van der Waals surface area contributed by atoms with Gasteiger partial charge in [0.25, 0.3) is 0 Å².